The third kappa shape index (κ3) is 1.40. The normalized spacial score (nSPS) is 12.3. The summed E-state index contributed by atoms with van der Waals surface area (Å²) in [7, 11) is 0. The molecule has 0 saturated carbocycles. The Morgan fingerprint density at radius 1 is 1.36 bits per heavy atom. The molecule has 74 valence electrons. The summed E-state index contributed by atoms with van der Waals surface area (Å²) < 4.78 is 5.63. The van der Waals surface area contributed by atoms with Gasteiger partial charge in [0.2, 0.25) is 5.89 Å². The minimum atomic E-state index is -0.522. The summed E-state index contributed by atoms with van der Waals surface area (Å²) in [5.74, 6) is 0.585. The van der Waals surface area contributed by atoms with Crippen LogP contribution in [0.5, 0.6) is 0 Å². The molecule has 0 spiro atoms. The average Bonchev–Trinajstić information content (AvgIpc) is 2.48. The summed E-state index contributed by atoms with van der Waals surface area (Å²) in [6.45, 7) is 5.76. The summed E-state index contributed by atoms with van der Waals surface area (Å²) in [5.41, 5.74) is 8.19. The summed E-state index contributed by atoms with van der Waals surface area (Å²) in [4.78, 5) is 4.35. The number of nitrogens with two attached hydrogens (primary N) is 1. The Morgan fingerprint density at radius 2 is 2.07 bits per heavy atom. The molecule has 2 N–H and O–H groups in total. The van der Waals surface area contributed by atoms with Crippen LogP contribution in [0.3, 0.4) is 0 Å². The van der Waals surface area contributed by atoms with Crippen LogP contribution in [0.2, 0.25) is 0 Å². The van der Waals surface area contributed by atoms with Crippen molar-refractivity contribution in [1.82, 2.24) is 4.98 Å². The lowest BCUT2D eigenvalue weighted by Gasteiger charge is -2.12. The van der Waals surface area contributed by atoms with Crippen molar-refractivity contribution in [3.8, 4) is 0 Å². The van der Waals surface area contributed by atoms with E-state index >= 15 is 0 Å². The Kier molecular flexibility index (Phi) is 1.86. The standard InChI is InChI=1S/C11H14N2O/c1-7-5-4-6-8-9(7)14-10(13-8)11(2,3)12/h4-6H,12H2,1-3H3. The maximum Gasteiger partial charge on any atom is 0.215 e. The summed E-state index contributed by atoms with van der Waals surface area (Å²) in [6.07, 6.45) is 0. The van der Waals surface area contributed by atoms with Crippen LogP contribution in [0.4, 0.5) is 0 Å². The van der Waals surface area contributed by atoms with Gasteiger partial charge in [-0.25, -0.2) is 4.98 Å². The quantitative estimate of drug-likeness (QED) is 0.750. The Morgan fingerprint density at radius 3 is 2.64 bits per heavy atom. The van der Waals surface area contributed by atoms with Gasteiger partial charge < -0.3 is 10.2 Å². The molecule has 0 fully saturated rings. The first-order chi connectivity index (χ1) is 6.48. The molecule has 0 radical (unpaired) electrons. The first-order valence-corrected chi connectivity index (χ1v) is 4.64. The number of hydrogen-bond acceptors (Lipinski definition) is 3. The maximum atomic E-state index is 5.91. The highest BCUT2D eigenvalue weighted by atomic mass is 16.4. The van der Waals surface area contributed by atoms with Crippen molar-refractivity contribution in [3.05, 3.63) is 29.7 Å². The molecule has 0 aliphatic rings. The fourth-order valence-corrected chi connectivity index (χ4v) is 1.36. The molecule has 2 rings (SSSR count). The second kappa shape index (κ2) is 2.82. The van der Waals surface area contributed by atoms with E-state index in [1.54, 1.807) is 0 Å². The molecule has 0 amide bonds. The highest BCUT2D eigenvalue weighted by Crippen LogP contribution is 2.24. The van der Waals surface area contributed by atoms with Crippen molar-refractivity contribution in [2.24, 2.45) is 5.73 Å². The van der Waals surface area contributed by atoms with Gasteiger partial charge in [0, 0.05) is 0 Å². The molecule has 0 aliphatic heterocycles. The molecular weight excluding hydrogens is 176 g/mol. The Labute approximate surface area is 82.9 Å². The summed E-state index contributed by atoms with van der Waals surface area (Å²) >= 11 is 0. The minimum Gasteiger partial charge on any atom is -0.438 e. The fraction of sp³-hybridized carbons (Fsp3) is 0.364. The van der Waals surface area contributed by atoms with E-state index in [4.69, 9.17) is 10.2 Å². The van der Waals surface area contributed by atoms with Gasteiger partial charge in [-0.15, -0.1) is 0 Å². The third-order valence-corrected chi connectivity index (χ3v) is 2.16. The topological polar surface area (TPSA) is 52.0 Å². The van der Waals surface area contributed by atoms with Gasteiger partial charge in [0.25, 0.3) is 0 Å². The highest BCUT2D eigenvalue weighted by molar-refractivity contribution is 5.76. The zero-order valence-electron chi connectivity index (χ0n) is 8.66. The molecule has 1 aromatic carbocycles. The lowest BCUT2D eigenvalue weighted by atomic mass is 10.1. The number of fused-ring (bicyclic) bond motifs is 1. The molecule has 2 aromatic rings. The Balaban J connectivity index is 2.69. The van der Waals surface area contributed by atoms with Crippen LogP contribution in [0.25, 0.3) is 11.1 Å². The van der Waals surface area contributed by atoms with E-state index in [1.165, 1.54) is 0 Å². The Hall–Kier alpha value is -1.35. The van der Waals surface area contributed by atoms with Crippen LogP contribution in [0, 0.1) is 6.92 Å². The first kappa shape index (κ1) is 9.21. The third-order valence-electron chi connectivity index (χ3n) is 2.16. The van der Waals surface area contributed by atoms with E-state index in [2.05, 4.69) is 4.98 Å². The number of nitrogens with zero attached hydrogens (tertiary/aromatic N) is 1. The first-order valence-electron chi connectivity index (χ1n) is 4.64. The average molecular weight is 190 g/mol. The van der Waals surface area contributed by atoms with Gasteiger partial charge in [-0.1, -0.05) is 12.1 Å². The van der Waals surface area contributed by atoms with Crippen LogP contribution in [-0.2, 0) is 5.54 Å². The van der Waals surface area contributed by atoms with Crippen LogP contribution >= 0.6 is 0 Å². The van der Waals surface area contributed by atoms with Gasteiger partial charge in [0.05, 0.1) is 5.54 Å². The molecule has 1 heterocycles. The molecule has 1 aromatic heterocycles. The van der Waals surface area contributed by atoms with Crippen molar-refractivity contribution in [3.63, 3.8) is 0 Å². The molecule has 14 heavy (non-hydrogen) atoms. The Bertz CT molecular complexity index is 466. The lowest BCUT2D eigenvalue weighted by Crippen LogP contribution is -2.28. The van der Waals surface area contributed by atoms with E-state index < -0.39 is 5.54 Å². The molecular formula is C11H14N2O. The zero-order valence-corrected chi connectivity index (χ0v) is 8.66. The van der Waals surface area contributed by atoms with Gasteiger partial charge >= 0.3 is 0 Å². The van der Waals surface area contributed by atoms with Crippen molar-refractivity contribution < 1.29 is 4.42 Å². The van der Waals surface area contributed by atoms with Gasteiger partial charge in [0.15, 0.2) is 5.58 Å². The predicted molar refractivity (Wildman–Crippen MR) is 56.0 cm³/mol. The van der Waals surface area contributed by atoms with E-state index in [1.807, 2.05) is 39.0 Å². The zero-order chi connectivity index (χ0) is 10.3. The highest BCUT2D eigenvalue weighted by Gasteiger charge is 2.21. The molecule has 3 nitrogen and oxygen atoms in total. The van der Waals surface area contributed by atoms with Crippen LogP contribution in [-0.4, -0.2) is 4.98 Å². The van der Waals surface area contributed by atoms with E-state index in [0.29, 0.717) is 5.89 Å². The number of benzene rings is 1. The lowest BCUT2D eigenvalue weighted by molar-refractivity contribution is 0.394. The molecule has 0 aliphatic carbocycles. The van der Waals surface area contributed by atoms with Crippen LogP contribution in [0.1, 0.15) is 25.3 Å². The largest absolute Gasteiger partial charge is 0.438 e. The van der Waals surface area contributed by atoms with Crippen LogP contribution in [0.15, 0.2) is 22.6 Å². The minimum absolute atomic E-state index is 0.522. The summed E-state index contributed by atoms with van der Waals surface area (Å²) in [6, 6.07) is 5.90. The number of para-hydroxylation sites is 1. The van der Waals surface area contributed by atoms with Crippen molar-refractivity contribution >= 4 is 11.1 Å². The van der Waals surface area contributed by atoms with Crippen LogP contribution < -0.4 is 5.73 Å². The van der Waals surface area contributed by atoms with E-state index in [0.717, 1.165) is 16.7 Å². The maximum absolute atomic E-state index is 5.91. The van der Waals surface area contributed by atoms with E-state index in [9.17, 15) is 0 Å². The number of aryl methyl sites for hydroxylation is 1. The van der Waals surface area contributed by atoms with Crippen molar-refractivity contribution in [2.45, 2.75) is 26.3 Å². The second-order valence-electron chi connectivity index (χ2n) is 4.16. The fourth-order valence-electron chi connectivity index (χ4n) is 1.36. The van der Waals surface area contributed by atoms with E-state index in [-0.39, 0.29) is 0 Å². The number of oxazole rings is 1. The predicted octanol–water partition coefficient (Wildman–Crippen LogP) is 2.33. The number of rotatable bonds is 1. The molecule has 3 heteroatoms. The van der Waals surface area contributed by atoms with Crippen molar-refractivity contribution in [1.29, 1.82) is 0 Å². The van der Waals surface area contributed by atoms with Gasteiger partial charge in [-0.05, 0) is 32.4 Å². The van der Waals surface area contributed by atoms with Gasteiger partial charge in [-0.3, -0.25) is 0 Å². The smallest absolute Gasteiger partial charge is 0.215 e. The molecule has 0 saturated heterocycles. The SMILES string of the molecule is Cc1cccc2nc(C(C)(C)N)oc12. The van der Waals surface area contributed by atoms with Gasteiger partial charge in [-0.2, -0.15) is 0 Å². The monoisotopic (exact) mass is 190 g/mol. The molecule has 0 bridgehead atoms. The molecule has 0 unspecified atom stereocenters. The second-order valence-corrected chi connectivity index (χ2v) is 4.16. The van der Waals surface area contributed by atoms with Crippen molar-refractivity contribution in [2.75, 3.05) is 0 Å². The number of hydrogen-bond donors (Lipinski definition) is 1. The summed E-state index contributed by atoms with van der Waals surface area (Å²) in [5, 5.41) is 0. The van der Waals surface area contributed by atoms with Gasteiger partial charge in [0.1, 0.15) is 5.52 Å². The number of aromatic nitrogens is 1. The molecule has 0 atom stereocenters.